The van der Waals surface area contributed by atoms with Gasteiger partial charge in [-0.3, -0.25) is 4.79 Å². The molecular formula is C15H11F3N4O. The number of hydrogen-bond donors (Lipinski definition) is 2. The van der Waals surface area contributed by atoms with Crippen LogP contribution in [-0.2, 0) is 17.4 Å². The third-order valence-corrected chi connectivity index (χ3v) is 3.24. The highest BCUT2D eigenvalue weighted by Crippen LogP contribution is 2.29. The molecule has 0 fully saturated rings. The Balaban J connectivity index is 1.75. The first-order valence-electron chi connectivity index (χ1n) is 6.67. The lowest BCUT2D eigenvalue weighted by Gasteiger charge is -2.08. The lowest BCUT2D eigenvalue weighted by atomic mass is 10.1. The van der Waals surface area contributed by atoms with Gasteiger partial charge in [-0.15, -0.1) is 0 Å². The van der Waals surface area contributed by atoms with Gasteiger partial charge in [-0.25, -0.2) is 9.97 Å². The molecule has 0 aliphatic rings. The number of amides is 1. The van der Waals surface area contributed by atoms with Crippen LogP contribution in [0, 0.1) is 0 Å². The maximum absolute atomic E-state index is 12.6. The third kappa shape index (κ3) is 3.31. The number of carbonyl (C=O) groups excluding carboxylic acids is 1. The zero-order valence-electron chi connectivity index (χ0n) is 11.7. The highest BCUT2D eigenvalue weighted by atomic mass is 19.4. The van der Waals surface area contributed by atoms with Crippen molar-refractivity contribution in [3.8, 4) is 0 Å². The lowest BCUT2D eigenvalue weighted by molar-refractivity contribution is -0.137. The van der Waals surface area contributed by atoms with Crippen LogP contribution in [0.25, 0.3) is 11.0 Å². The Morgan fingerprint density at radius 1 is 1.22 bits per heavy atom. The molecule has 8 heteroatoms. The summed E-state index contributed by atoms with van der Waals surface area (Å²) in [5.74, 6) is -0.593. The summed E-state index contributed by atoms with van der Waals surface area (Å²) in [7, 11) is 0. The second kappa shape index (κ2) is 5.71. The fraction of sp³-hybridized carbons (Fsp3) is 0.133. The molecule has 0 saturated carbocycles. The fourth-order valence-corrected chi connectivity index (χ4v) is 2.19. The Morgan fingerprint density at radius 3 is 2.83 bits per heavy atom. The van der Waals surface area contributed by atoms with Crippen LogP contribution in [0.1, 0.15) is 11.1 Å². The Kier molecular flexibility index (Phi) is 3.73. The van der Waals surface area contributed by atoms with E-state index in [0.29, 0.717) is 11.2 Å². The predicted molar refractivity (Wildman–Crippen MR) is 77.7 cm³/mol. The van der Waals surface area contributed by atoms with Gasteiger partial charge in [0.2, 0.25) is 5.91 Å². The minimum atomic E-state index is -4.48. The van der Waals surface area contributed by atoms with Gasteiger partial charge in [0.25, 0.3) is 0 Å². The van der Waals surface area contributed by atoms with Gasteiger partial charge in [-0.05, 0) is 29.8 Å². The van der Waals surface area contributed by atoms with Crippen molar-refractivity contribution < 1.29 is 18.0 Å². The van der Waals surface area contributed by atoms with Gasteiger partial charge in [0.15, 0.2) is 0 Å². The van der Waals surface area contributed by atoms with E-state index in [1.165, 1.54) is 0 Å². The molecule has 1 amide bonds. The quantitative estimate of drug-likeness (QED) is 0.779. The fourth-order valence-electron chi connectivity index (χ4n) is 2.19. The first kappa shape index (κ1) is 15.0. The summed E-state index contributed by atoms with van der Waals surface area (Å²) in [6, 6.07) is 5.20. The van der Waals surface area contributed by atoms with E-state index in [0.717, 1.165) is 23.7 Å². The van der Waals surface area contributed by atoms with Crippen LogP contribution >= 0.6 is 0 Å². The maximum Gasteiger partial charge on any atom is 0.416 e. The van der Waals surface area contributed by atoms with Gasteiger partial charge in [-0.1, -0.05) is 0 Å². The molecule has 0 aliphatic heterocycles. The first-order valence-corrected chi connectivity index (χ1v) is 6.67. The van der Waals surface area contributed by atoms with Gasteiger partial charge in [0, 0.05) is 24.0 Å². The summed E-state index contributed by atoms with van der Waals surface area (Å²) in [5.41, 5.74) is 0.490. The van der Waals surface area contributed by atoms with Crippen LogP contribution in [0.15, 0.2) is 42.9 Å². The lowest BCUT2D eigenvalue weighted by Crippen LogP contribution is -2.16. The van der Waals surface area contributed by atoms with Crippen LogP contribution in [0.5, 0.6) is 0 Å². The van der Waals surface area contributed by atoms with Crippen LogP contribution in [0.4, 0.5) is 19.0 Å². The molecule has 2 N–H and O–H groups in total. The van der Waals surface area contributed by atoms with E-state index in [2.05, 4.69) is 20.3 Å². The van der Waals surface area contributed by atoms with E-state index in [1.807, 2.05) is 6.07 Å². The first-order chi connectivity index (χ1) is 10.9. The molecule has 0 spiro atoms. The number of H-pyrrole nitrogens is 1. The highest BCUT2D eigenvalue weighted by molar-refractivity contribution is 5.94. The number of aromatic nitrogens is 3. The second-order valence-corrected chi connectivity index (χ2v) is 4.87. The van der Waals surface area contributed by atoms with Gasteiger partial charge in [-0.2, -0.15) is 13.2 Å². The molecule has 3 rings (SSSR count). The van der Waals surface area contributed by atoms with Crippen molar-refractivity contribution >= 4 is 22.8 Å². The minimum Gasteiger partial charge on any atom is -0.346 e. The predicted octanol–water partition coefficient (Wildman–Crippen LogP) is 3.16. The molecule has 23 heavy (non-hydrogen) atoms. The van der Waals surface area contributed by atoms with E-state index in [4.69, 9.17) is 0 Å². The van der Waals surface area contributed by atoms with Crippen LogP contribution in [0.2, 0.25) is 0 Å². The monoisotopic (exact) mass is 320 g/mol. The molecule has 0 atom stereocenters. The number of nitrogens with zero attached hydrogens (tertiary/aromatic N) is 2. The number of carbonyl (C=O) groups is 1. The number of fused-ring (bicyclic) bond motifs is 1. The Morgan fingerprint density at radius 2 is 2.04 bits per heavy atom. The van der Waals surface area contributed by atoms with Crippen molar-refractivity contribution in [2.45, 2.75) is 12.6 Å². The van der Waals surface area contributed by atoms with Crippen molar-refractivity contribution in [2.75, 3.05) is 5.32 Å². The van der Waals surface area contributed by atoms with Crippen LogP contribution < -0.4 is 5.32 Å². The van der Waals surface area contributed by atoms with Gasteiger partial charge < -0.3 is 10.3 Å². The normalized spacial score (nSPS) is 11.6. The molecular weight excluding hydrogens is 309 g/mol. The summed E-state index contributed by atoms with van der Waals surface area (Å²) in [5, 5.41) is 3.16. The average molecular weight is 320 g/mol. The molecule has 118 valence electrons. The number of alkyl halides is 3. The molecule has 0 radical (unpaired) electrons. The Labute approximate surface area is 128 Å². The smallest absolute Gasteiger partial charge is 0.346 e. The van der Waals surface area contributed by atoms with Crippen LogP contribution in [-0.4, -0.2) is 20.9 Å². The average Bonchev–Trinajstić information content (AvgIpc) is 2.90. The molecule has 0 aliphatic carbocycles. The summed E-state index contributed by atoms with van der Waals surface area (Å²) < 4.78 is 37.9. The molecule has 3 aromatic heterocycles. The maximum atomic E-state index is 12.6. The van der Waals surface area contributed by atoms with Crippen molar-refractivity contribution in [3.05, 3.63) is 54.0 Å². The number of halogens is 3. The molecule has 3 aromatic rings. The molecule has 0 unspecified atom stereocenters. The number of anilines is 1. The Hall–Kier alpha value is -2.90. The van der Waals surface area contributed by atoms with E-state index in [-0.39, 0.29) is 12.2 Å². The van der Waals surface area contributed by atoms with Gasteiger partial charge >= 0.3 is 6.18 Å². The van der Waals surface area contributed by atoms with Crippen molar-refractivity contribution in [1.29, 1.82) is 0 Å². The molecule has 3 heterocycles. The standard InChI is InChI=1S/C15H11F3N4O/c16-15(17,18)10-3-5-19-12(7-10)22-13(23)6-9-8-21-14-11(9)2-1-4-20-14/h1-5,7-8H,6H2,(H,20,21)(H,19,22,23). The topological polar surface area (TPSA) is 70.7 Å². The largest absolute Gasteiger partial charge is 0.416 e. The SMILES string of the molecule is O=C(Cc1c[nH]c2ncccc12)Nc1cc(C(F)(F)F)ccn1. The zero-order valence-corrected chi connectivity index (χ0v) is 11.7. The molecule has 0 aromatic carbocycles. The Bertz CT molecular complexity index is 857. The molecule has 0 saturated heterocycles. The van der Waals surface area contributed by atoms with Gasteiger partial charge in [0.05, 0.1) is 12.0 Å². The molecule has 5 nitrogen and oxygen atoms in total. The minimum absolute atomic E-state index is 0.00359. The number of pyridine rings is 2. The van der Waals surface area contributed by atoms with Crippen LogP contribution in [0.3, 0.4) is 0 Å². The second-order valence-electron chi connectivity index (χ2n) is 4.87. The summed E-state index contributed by atoms with van der Waals surface area (Å²) >= 11 is 0. The highest BCUT2D eigenvalue weighted by Gasteiger charge is 2.30. The third-order valence-electron chi connectivity index (χ3n) is 3.24. The zero-order chi connectivity index (χ0) is 16.4. The van der Waals surface area contributed by atoms with Crippen molar-refractivity contribution in [1.82, 2.24) is 15.0 Å². The number of nitrogens with one attached hydrogen (secondary N) is 2. The summed E-state index contributed by atoms with van der Waals surface area (Å²) in [6.45, 7) is 0. The molecule has 0 bridgehead atoms. The van der Waals surface area contributed by atoms with Crippen molar-refractivity contribution in [2.24, 2.45) is 0 Å². The van der Waals surface area contributed by atoms with E-state index in [1.54, 1.807) is 18.5 Å². The number of hydrogen-bond acceptors (Lipinski definition) is 3. The summed E-state index contributed by atoms with van der Waals surface area (Å²) in [6.07, 6.45) is -0.200. The van der Waals surface area contributed by atoms with E-state index in [9.17, 15) is 18.0 Å². The van der Waals surface area contributed by atoms with E-state index < -0.39 is 17.6 Å². The number of aromatic amines is 1. The summed E-state index contributed by atoms with van der Waals surface area (Å²) in [4.78, 5) is 22.8. The number of rotatable bonds is 3. The van der Waals surface area contributed by atoms with Gasteiger partial charge in [0.1, 0.15) is 11.5 Å². The van der Waals surface area contributed by atoms with E-state index >= 15 is 0 Å². The van der Waals surface area contributed by atoms with Crippen molar-refractivity contribution in [3.63, 3.8) is 0 Å².